The number of aliphatic imine (C=N–C) groups is 1. The van der Waals surface area contributed by atoms with Crippen LogP contribution < -0.4 is 0 Å². The summed E-state index contributed by atoms with van der Waals surface area (Å²) in [6.45, 7) is 4.54. The molecular weight excluding hydrogens is 353 g/mol. The van der Waals surface area contributed by atoms with Gasteiger partial charge in [-0.05, 0) is 29.8 Å². The standard InChI is InChI=1S/C16H15NO3S.C2H6.CH3F.CH4/c1-21(18,19)14-9-7-12(8-10-14)15-11-17-16(20-15)13-5-3-2-4-6-13;2*1-2;/h2-10,15H,11H2,1H3;1-2H3;1H3;1H4. The maximum Gasteiger partial charge on any atom is 0.216 e. The minimum absolute atomic E-state index is 0. The van der Waals surface area contributed by atoms with E-state index in [2.05, 4.69) is 4.99 Å². The van der Waals surface area contributed by atoms with Gasteiger partial charge in [0.15, 0.2) is 9.84 Å². The number of alkyl halides is 1. The molecule has 4 nitrogen and oxygen atoms in total. The third-order valence-electron chi connectivity index (χ3n) is 3.36. The Morgan fingerprint density at radius 2 is 1.54 bits per heavy atom. The summed E-state index contributed by atoms with van der Waals surface area (Å²) < 4.78 is 38.3. The average molecular weight is 382 g/mol. The summed E-state index contributed by atoms with van der Waals surface area (Å²) in [5.41, 5.74) is 1.88. The predicted octanol–water partition coefficient (Wildman–Crippen LogP) is 4.86. The lowest BCUT2D eigenvalue weighted by atomic mass is 10.1. The maximum absolute atomic E-state index is 11.4. The monoisotopic (exact) mass is 381 g/mol. The van der Waals surface area contributed by atoms with E-state index in [-0.39, 0.29) is 13.5 Å². The Morgan fingerprint density at radius 3 is 2.04 bits per heavy atom. The van der Waals surface area contributed by atoms with Crippen molar-refractivity contribution in [1.29, 1.82) is 0 Å². The second kappa shape index (κ2) is 11.4. The Kier molecular flexibility index (Phi) is 10.4. The molecule has 2 aromatic carbocycles. The van der Waals surface area contributed by atoms with Crippen LogP contribution in [0.25, 0.3) is 0 Å². The Bertz CT molecular complexity index is 772. The number of hydrogen-bond acceptors (Lipinski definition) is 4. The van der Waals surface area contributed by atoms with Gasteiger partial charge in [-0.3, -0.25) is 4.39 Å². The Balaban J connectivity index is 0.00000117. The summed E-state index contributed by atoms with van der Waals surface area (Å²) in [5.74, 6) is 0.632. The topological polar surface area (TPSA) is 55.7 Å². The van der Waals surface area contributed by atoms with Gasteiger partial charge in [0.2, 0.25) is 5.90 Å². The van der Waals surface area contributed by atoms with Crippen molar-refractivity contribution in [3.8, 4) is 0 Å². The molecular formula is C20H28FNO3S. The highest BCUT2D eigenvalue weighted by Crippen LogP contribution is 2.26. The zero-order chi connectivity index (χ0) is 18.9. The summed E-state index contributed by atoms with van der Waals surface area (Å²) in [7, 11) is -2.67. The molecule has 0 saturated heterocycles. The number of benzene rings is 2. The number of hydrogen-bond donors (Lipinski definition) is 0. The molecule has 1 aliphatic heterocycles. The molecule has 1 unspecified atom stereocenters. The average Bonchev–Trinajstić information content (AvgIpc) is 3.15. The fourth-order valence-corrected chi connectivity index (χ4v) is 2.85. The molecule has 6 heteroatoms. The third kappa shape index (κ3) is 6.26. The fraction of sp³-hybridized carbons (Fsp3) is 0.350. The summed E-state index contributed by atoms with van der Waals surface area (Å²) in [5, 5.41) is 0. The Labute approximate surface area is 156 Å². The van der Waals surface area contributed by atoms with Gasteiger partial charge in [-0.2, -0.15) is 0 Å². The predicted molar refractivity (Wildman–Crippen MR) is 106 cm³/mol. The van der Waals surface area contributed by atoms with E-state index in [1.807, 2.05) is 44.2 Å². The number of halogens is 1. The van der Waals surface area contributed by atoms with Crippen LogP contribution in [0.5, 0.6) is 0 Å². The molecule has 0 radical (unpaired) electrons. The van der Waals surface area contributed by atoms with E-state index < -0.39 is 9.84 Å². The lowest BCUT2D eigenvalue weighted by molar-refractivity contribution is 0.230. The summed E-state index contributed by atoms with van der Waals surface area (Å²) in [6.07, 6.45) is 1.04. The molecule has 0 fully saturated rings. The minimum atomic E-state index is -3.17. The number of rotatable bonds is 3. The molecule has 26 heavy (non-hydrogen) atoms. The van der Waals surface area contributed by atoms with Crippen LogP contribution >= 0.6 is 0 Å². The van der Waals surface area contributed by atoms with Crippen molar-refractivity contribution >= 4 is 15.7 Å². The van der Waals surface area contributed by atoms with Crippen LogP contribution in [-0.2, 0) is 14.6 Å². The van der Waals surface area contributed by atoms with Gasteiger partial charge in [0.25, 0.3) is 0 Å². The van der Waals surface area contributed by atoms with Gasteiger partial charge in [0.05, 0.1) is 18.6 Å². The van der Waals surface area contributed by atoms with Crippen molar-refractivity contribution in [3.05, 3.63) is 65.7 Å². The molecule has 0 aliphatic carbocycles. The van der Waals surface area contributed by atoms with Crippen molar-refractivity contribution in [2.75, 3.05) is 20.0 Å². The highest BCUT2D eigenvalue weighted by atomic mass is 32.2. The normalized spacial score (nSPS) is 15.1. The van der Waals surface area contributed by atoms with E-state index in [1.165, 1.54) is 6.26 Å². The van der Waals surface area contributed by atoms with Crippen LogP contribution in [0.2, 0.25) is 0 Å². The second-order valence-electron chi connectivity index (χ2n) is 4.96. The van der Waals surface area contributed by atoms with Crippen LogP contribution in [0.3, 0.4) is 0 Å². The molecule has 1 atom stereocenters. The molecule has 0 aromatic heterocycles. The Hall–Kier alpha value is -2.21. The lowest BCUT2D eigenvalue weighted by Gasteiger charge is -2.12. The smallest absolute Gasteiger partial charge is 0.216 e. The molecule has 2 aromatic rings. The van der Waals surface area contributed by atoms with Crippen molar-refractivity contribution < 1.29 is 17.5 Å². The van der Waals surface area contributed by atoms with Crippen LogP contribution in [0.1, 0.15) is 38.5 Å². The van der Waals surface area contributed by atoms with E-state index in [0.717, 1.165) is 11.1 Å². The van der Waals surface area contributed by atoms with Crippen molar-refractivity contribution in [1.82, 2.24) is 0 Å². The van der Waals surface area contributed by atoms with E-state index in [0.29, 0.717) is 24.5 Å². The third-order valence-corrected chi connectivity index (χ3v) is 4.48. The molecule has 0 amide bonds. The van der Waals surface area contributed by atoms with Crippen molar-refractivity contribution in [2.24, 2.45) is 4.99 Å². The van der Waals surface area contributed by atoms with Crippen LogP contribution in [0.15, 0.2) is 64.5 Å². The first kappa shape index (κ1) is 23.8. The van der Waals surface area contributed by atoms with E-state index >= 15 is 0 Å². The van der Waals surface area contributed by atoms with E-state index in [4.69, 9.17) is 4.74 Å². The molecule has 144 valence electrons. The van der Waals surface area contributed by atoms with Gasteiger partial charge >= 0.3 is 0 Å². The molecule has 0 spiro atoms. The second-order valence-corrected chi connectivity index (χ2v) is 6.98. The first-order valence-corrected chi connectivity index (χ1v) is 9.87. The first-order chi connectivity index (χ1) is 12.0. The lowest BCUT2D eigenvalue weighted by Crippen LogP contribution is -2.06. The summed E-state index contributed by atoms with van der Waals surface area (Å²) in [6, 6.07) is 16.5. The van der Waals surface area contributed by atoms with Gasteiger partial charge in [-0.15, -0.1) is 0 Å². The molecule has 0 bridgehead atoms. The SMILES string of the molecule is C.CC.CF.CS(=O)(=O)c1ccc(C2CN=C(c3ccccc3)O2)cc1. The van der Waals surface area contributed by atoms with E-state index in [9.17, 15) is 12.8 Å². The number of ether oxygens (including phenoxy) is 1. The summed E-state index contributed by atoms with van der Waals surface area (Å²) >= 11 is 0. The van der Waals surface area contributed by atoms with Gasteiger partial charge in [-0.1, -0.05) is 51.6 Å². The zero-order valence-corrected chi connectivity index (χ0v) is 15.8. The van der Waals surface area contributed by atoms with Gasteiger partial charge in [-0.25, -0.2) is 13.4 Å². The van der Waals surface area contributed by atoms with Crippen LogP contribution in [-0.4, -0.2) is 34.3 Å². The van der Waals surface area contributed by atoms with Crippen molar-refractivity contribution in [2.45, 2.75) is 32.3 Å². The highest BCUT2D eigenvalue weighted by Gasteiger charge is 2.22. The number of nitrogens with zero attached hydrogens (tertiary/aromatic N) is 1. The quantitative estimate of drug-likeness (QED) is 0.763. The minimum Gasteiger partial charge on any atom is -0.467 e. The largest absolute Gasteiger partial charge is 0.467 e. The zero-order valence-electron chi connectivity index (χ0n) is 14.9. The van der Waals surface area contributed by atoms with Gasteiger partial charge in [0, 0.05) is 11.8 Å². The van der Waals surface area contributed by atoms with Gasteiger partial charge < -0.3 is 4.74 Å². The summed E-state index contributed by atoms with van der Waals surface area (Å²) in [4.78, 5) is 4.72. The molecule has 1 aliphatic rings. The molecule has 3 rings (SSSR count). The molecule has 0 N–H and O–H groups in total. The molecule has 1 heterocycles. The number of sulfone groups is 1. The van der Waals surface area contributed by atoms with E-state index in [1.54, 1.807) is 24.3 Å². The van der Waals surface area contributed by atoms with Crippen LogP contribution in [0.4, 0.5) is 4.39 Å². The fourth-order valence-electron chi connectivity index (χ4n) is 2.22. The Morgan fingerprint density at radius 1 is 1.00 bits per heavy atom. The molecule has 0 saturated carbocycles. The maximum atomic E-state index is 11.4. The van der Waals surface area contributed by atoms with Crippen molar-refractivity contribution in [3.63, 3.8) is 0 Å². The van der Waals surface area contributed by atoms with Gasteiger partial charge in [0.1, 0.15) is 6.10 Å². The highest BCUT2D eigenvalue weighted by molar-refractivity contribution is 7.90. The van der Waals surface area contributed by atoms with Crippen LogP contribution in [0, 0.1) is 0 Å². The first-order valence-electron chi connectivity index (χ1n) is 7.98.